The van der Waals surface area contributed by atoms with Crippen molar-refractivity contribution in [3.8, 4) is 5.75 Å². The summed E-state index contributed by atoms with van der Waals surface area (Å²) < 4.78 is 0. The summed E-state index contributed by atoms with van der Waals surface area (Å²) in [4.78, 5) is 9.12. The summed E-state index contributed by atoms with van der Waals surface area (Å²) in [5.41, 5.74) is 3.32. The molecule has 0 spiro atoms. The highest BCUT2D eigenvalue weighted by atomic mass is 32.2. The zero-order chi connectivity index (χ0) is 13.2. The molecule has 2 aromatic rings. The van der Waals surface area contributed by atoms with Crippen molar-refractivity contribution in [2.24, 2.45) is 0 Å². The fraction of sp³-hybridized carbons (Fsp3) is 0.286. The highest BCUT2D eigenvalue weighted by molar-refractivity contribution is 7.98. The second kappa shape index (κ2) is 5.09. The molecule has 4 nitrogen and oxygen atoms in total. The van der Waals surface area contributed by atoms with Crippen LogP contribution in [-0.4, -0.2) is 21.3 Å². The minimum absolute atomic E-state index is 0.267. The topological polar surface area (TPSA) is 58.0 Å². The fourth-order valence-electron chi connectivity index (χ4n) is 2.29. The predicted octanol–water partition coefficient (Wildman–Crippen LogP) is 3.14. The van der Waals surface area contributed by atoms with E-state index in [-0.39, 0.29) is 5.75 Å². The highest BCUT2D eigenvalue weighted by Crippen LogP contribution is 2.30. The standard InChI is InChI=1S/C14H15N3OS/c1-19-14-16-12-4-2-3-11(12)13(17-14)15-9-5-7-10(18)8-6-9/h5-8,18H,2-4H2,1H3,(H,15,16,17). The Morgan fingerprint density at radius 3 is 2.68 bits per heavy atom. The average molecular weight is 273 g/mol. The normalized spacial score (nSPS) is 13.3. The maximum Gasteiger partial charge on any atom is 0.189 e. The van der Waals surface area contributed by atoms with E-state index in [9.17, 15) is 5.11 Å². The van der Waals surface area contributed by atoms with Gasteiger partial charge in [0.15, 0.2) is 5.16 Å². The van der Waals surface area contributed by atoms with Gasteiger partial charge in [0.1, 0.15) is 11.6 Å². The molecule has 3 rings (SSSR count). The Bertz CT molecular complexity index is 598. The van der Waals surface area contributed by atoms with Gasteiger partial charge in [0.05, 0.1) is 5.69 Å². The number of hydrogen-bond acceptors (Lipinski definition) is 5. The Labute approximate surface area is 116 Å². The van der Waals surface area contributed by atoms with Crippen LogP contribution in [-0.2, 0) is 12.8 Å². The number of aromatic nitrogens is 2. The minimum Gasteiger partial charge on any atom is -0.508 e. The number of thioether (sulfide) groups is 1. The molecule has 2 N–H and O–H groups in total. The lowest BCUT2D eigenvalue weighted by atomic mass is 10.2. The van der Waals surface area contributed by atoms with Gasteiger partial charge in [0, 0.05) is 11.3 Å². The van der Waals surface area contributed by atoms with E-state index in [1.54, 1.807) is 23.9 Å². The molecule has 0 unspecified atom stereocenters. The number of aromatic hydroxyl groups is 1. The predicted molar refractivity (Wildman–Crippen MR) is 77.2 cm³/mol. The SMILES string of the molecule is CSc1nc2c(c(Nc3ccc(O)cc3)n1)CCC2. The van der Waals surface area contributed by atoms with Crippen LogP contribution < -0.4 is 5.32 Å². The van der Waals surface area contributed by atoms with Crippen LogP contribution in [0.4, 0.5) is 11.5 Å². The van der Waals surface area contributed by atoms with E-state index in [0.717, 1.165) is 35.9 Å². The van der Waals surface area contributed by atoms with Gasteiger partial charge in [0.25, 0.3) is 0 Å². The summed E-state index contributed by atoms with van der Waals surface area (Å²) in [7, 11) is 0. The second-order valence-electron chi connectivity index (χ2n) is 4.51. The lowest BCUT2D eigenvalue weighted by Crippen LogP contribution is -2.02. The molecule has 1 heterocycles. The maximum absolute atomic E-state index is 9.30. The lowest BCUT2D eigenvalue weighted by molar-refractivity contribution is 0.475. The Hall–Kier alpha value is -1.75. The number of phenols is 1. The van der Waals surface area contributed by atoms with Crippen LogP contribution in [0.2, 0.25) is 0 Å². The van der Waals surface area contributed by atoms with Crippen LogP contribution >= 0.6 is 11.8 Å². The summed E-state index contributed by atoms with van der Waals surface area (Å²) in [6.45, 7) is 0. The Kier molecular flexibility index (Phi) is 3.29. The monoisotopic (exact) mass is 273 g/mol. The van der Waals surface area contributed by atoms with Crippen molar-refractivity contribution in [2.45, 2.75) is 24.4 Å². The summed E-state index contributed by atoms with van der Waals surface area (Å²) >= 11 is 1.56. The van der Waals surface area contributed by atoms with Gasteiger partial charge in [-0.1, -0.05) is 11.8 Å². The van der Waals surface area contributed by atoms with E-state index in [1.807, 2.05) is 18.4 Å². The summed E-state index contributed by atoms with van der Waals surface area (Å²) in [6.07, 6.45) is 5.20. The molecule has 0 bridgehead atoms. The summed E-state index contributed by atoms with van der Waals surface area (Å²) in [5.74, 6) is 1.17. The van der Waals surface area contributed by atoms with Gasteiger partial charge in [-0.25, -0.2) is 9.97 Å². The van der Waals surface area contributed by atoms with Gasteiger partial charge in [-0.3, -0.25) is 0 Å². The van der Waals surface area contributed by atoms with E-state index in [2.05, 4.69) is 15.3 Å². The van der Waals surface area contributed by atoms with Gasteiger partial charge in [-0.2, -0.15) is 0 Å². The van der Waals surface area contributed by atoms with E-state index in [4.69, 9.17) is 0 Å². The molecule has 0 atom stereocenters. The summed E-state index contributed by atoms with van der Waals surface area (Å²) in [5, 5.41) is 13.4. The Balaban J connectivity index is 1.95. The first-order valence-electron chi connectivity index (χ1n) is 6.26. The van der Waals surface area contributed by atoms with Crippen molar-refractivity contribution in [2.75, 3.05) is 11.6 Å². The number of nitrogens with one attached hydrogen (secondary N) is 1. The van der Waals surface area contributed by atoms with Crippen molar-refractivity contribution in [1.29, 1.82) is 0 Å². The Morgan fingerprint density at radius 1 is 1.16 bits per heavy atom. The molecule has 0 amide bonds. The molecule has 1 aliphatic rings. The van der Waals surface area contributed by atoms with Crippen LogP contribution in [0.5, 0.6) is 5.75 Å². The maximum atomic E-state index is 9.30. The second-order valence-corrected chi connectivity index (χ2v) is 5.28. The summed E-state index contributed by atoms with van der Waals surface area (Å²) in [6, 6.07) is 7.02. The number of fused-ring (bicyclic) bond motifs is 1. The first-order chi connectivity index (χ1) is 9.26. The van der Waals surface area contributed by atoms with Crippen LogP contribution in [0, 0.1) is 0 Å². The highest BCUT2D eigenvalue weighted by Gasteiger charge is 2.19. The first kappa shape index (κ1) is 12.3. The number of phenolic OH excluding ortho intramolecular Hbond substituents is 1. The number of aryl methyl sites for hydroxylation is 1. The third-order valence-electron chi connectivity index (χ3n) is 3.23. The van der Waals surface area contributed by atoms with Crippen molar-refractivity contribution < 1.29 is 5.11 Å². The molecule has 0 radical (unpaired) electrons. The van der Waals surface area contributed by atoms with Gasteiger partial charge in [-0.15, -0.1) is 0 Å². The van der Waals surface area contributed by atoms with Crippen molar-refractivity contribution in [1.82, 2.24) is 9.97 Å². The fourth-order valence-corrected chi connectivity index (χ4v) is 2.67. The molecule has 19 heavy (non-hydrogen) atoms. The molecule has 0 saturated carbocycles. The quantitative estimate of drug-likeness (QED) is 0.511. The number of hydrogen-bond donors (Lipinski definition) is 2. The van der Waals surface area contributed by atoms with Gasteiger partial charge < -0.3 is 10.4 Å². The van der Waals surface area contributed by atoms with Crippen molar-refractivity contribution in [3.05, 3.63) is 35.5 Å². The molecule has 0 fully saturated rings. The van der Waals surface area contributed by atoms with Crippen LogP contribution in [0.25, 0.3) is 0 Å². The molecule has 0 saturated heterocycles. The number of rotatable bonds is 3. The largest absolute Gasteiger partial charge is 0.508 e. The number of nitrogens with zero attached hydrogens (tertiary/aromatic N) is 2. The van der Waals surface area contributed by atoms with E-state index >= 15 is 0 Å². The van der Waals surface area contributed by atoms with E-state index in [0.29, 0.717) is 0 Å². The molecule has 0 aliphatic heterocycles. The molecule has 5 heteroatoms. The molecule has 1 aromatic heterocycles. The van der Waals surface area contributed by atoms with Gasteiger partial charge in [-0.05, 0) is 49.8 Å². The van der Waals surface area contributed by atoms with Crippen molar-refractivity contribution >= 4 is 23.3 Å². The average Bonchev–Trinajstić information content (AvgIpc) is 2.89. The first-order valence-corrected chi connectivity index (χ1v) is 7.48. The zero-order valence-electron chi connectivity index (χ0n) is 10.7. The third kappa shape index (κ3) is 2.51. The molecular formula is C14H15N3OS. The molecule has 98 valence electrons. The third-order valence-corrected chi connectivity index (χ3v) is 3.77. The van der Waals surface area contributed by atoms with E-state index < -0.39 is 0 Å². The number of anilines is 2. The lowest BCUT2D eigenvalue weighted by Gasteiger charge is -2.11. The zero-order valence-corrected chi connectivity index (χ0v) is 11.5. The van der Waals surface area contributed by atoms with Crippen LogP contribution in [0.15, 0.2) is 29.4 Å². The number of benzene rings is 1. The molecule has 1 aliphatic carbocycles. The molecule has 1 aromatic carbocycles. The molecular weight excluding hydrogens is 258 g/mol. The Morgan fingerprint density at radius 2 is 1.95 bits per heavy atom. The van der Waals surface area contributed by atoms with Gasteiger partial charge >= 0.3 is 0 Å². The van der Waals surface area contributed by atoms with Gasteiger partial charge in [0.2, 0.25) is 0 Å². The van der Waals surface area contributed by atoms with Crippen LogP contribution in [0.3, 0.4) is 0 Å². The smallest absolute Gasteiger partial charge is 0.189 e. The van der Waals surface area contributed by atoms with Crippen molar-refractivity contribution in [3.63, 3.8) is 0 Å². The minimum atomic E-state index is 0.267. The van der Waals surface area contributed by atoms with E-state index in [1.165, 1.54) is 11.3 Å². The van der Waals surface area contributed by atoms with Crippen LogP contribution in [0.1, 0.15) is 17.7 Å².